The van der Waals surface area contributed by atoms with Crippen LogP contribution in [0.5, 0.6) is 0 Å². The quantitative estimate of drug-likeness (QED) is 0.658. The second-order valence-corrected chi connectivity index (χ2v) is 4.09. The van der Waals surface area contributed by atoms with Crippen LogP contribution in [0.1, 0.15) is 19.3 Å². The SMILES string of the molecule is O=C1CC(N2CCC(F)(F)CC2)NCN1. The first-order chi connectivity index (χ1) is 7.07. The number of halogens is 2. The van der Waals surface area contributed by atoms with Gasteiger partial charge in [-0.3, -0.25) is 15.0 Å². The van der Waals surface area contributed by atoms with Crippen LogP contribution in [-0.2, 0) is 4.79 Å². The largest absolute Gasteiger partial charge is 0.343 e. The van der Waals surface area contributed by atoms with Gasteiger partial charge >= 0.3 is 0 Å². The monoisotopic (exact) mass is 219 g/mol. The van der Waals surface area contributed by atoms with Gasteiger partial charge in [-0.15, -0.1) is 0 Å². The minimum absolute atomic E-state index is 0.0175. The summed E-state index contributed by atoms with van der Waals surface area (Å²) in [5.74, 6) is -2.54. The molecule has 1 unspecified atom stereocenters. The van der Waals surface area contributed by atoms with E-state index < -0.39 is 5.92 Å². The number of piperidine rings is 1. The normalized spacial score (nSPS) is 32.4. The maximum atomic E-state index is 12.9. The highest BCUT2D eigenvalue weighted by atomic mass is 19.3. The van der Waals surface area contributed by atoms with E-state index in [1.54, 1.807) is 0 Å². The molecular weight excluding hydrogens is 204 g/mol. The van der Waals surface area contributed by atoms with Gasteiger partial charge < -0.3 is 5.32 Å². The molecule has 15 heavy (non-hydrogen) atoms. The number of carbonyl (C=O) groups is 1. The number of amides is 1. The maximum absolute atomic E-state index is 12.9. The van der Waals surface area contributed by atoms with Crippen molar-refractivity contribution in [3.8, 4) is 0 Å². The van der Waals surface area contributed by atoms with Crippen LogP contribution >= 0.6 is 0 Å². The molecule has 6 heteroatoms. The Kier molecular flexibility index (Phi) is 2.88. The number of rotatable bonds is 1. The number of nitrogens with one attached hydrogen (secondary N) is 2. The van der Waals surface area contributed by atoms with Crippen molar-refractivity contribution >= 4 is 5.91 Å². The Morgan fingerprint density at radius 2 is 2.00 bits per heavy atom. The highest BCUT2D eigenvalue weighted by Crippen LogP contribution is 2.28. The van der Waals surface area contributed by atoms with Gasteiger partial charge in [0.15, 0.2) is 0 Å². The minimum Gasteiger partial charge on any atom is -0.343 e. The van der Waals surface area contributed by atoms with Crippen LogP contribution in [-0.4, -0.2) is 42.7 Å². The number of hydrogen-bond acceptors (Lipinski definition) is 3. The molecule has 0 aliphatic carbocycles. The van der Waals surface area contributed by atoms with Crippen LogP contribution in [0.25, 0.3) is 0 Å². The molecule has 2 aliphatic heterocycles. The van der Waals surface area contributed by atoms with Crippen molar-refractivity contribution in [1.82, 2.24) is 15.5 Å². The maximum Gasteiger partial charge on any atom is 0.250 e. The Hall–Kier alpha value is -0.750. The average Bonchev–Trinajstić information content (AvgIpc) is 2.17. The van der Waals surface area contributed by atoms with Crippen LogP contribution < -0.4 is 10.6 Å². The van der Waals surface area contributed by atoms with Crippen LogP contribution in [0.3, 0.4) is 0 Å². The van der Waals surface area contributed by atoms with Crippen molar-refractivity contribution in [1.29, 1.82) is 0 Å². The molecule has 2 aliphatic rings. The van der Waals surface area contributed by atoms with Gasteiger partial charge in [0.05, 0.1) is 19.3 Å². The zero-order valence-corrected chi connectivity index (χ0v) is 8.43. The van der Waals surface area contributed by atoms with E-state index in [1.165, 1.54) is 0 Å². The van der Waals surface area contributed by atoms with E-state index in [9.17, 15) is 13.6 Å². The number of hydrogen-bond donors (Lipinski definition) is 2. The van der Waals surface area contributed by atoms with E-state index in [0.29, 0.717) is 26.2 Å². The van der Waals surface area contributed by atoms with Crippen LogP contribution in [0.4, 0.5) is 8.78 Å². The lowest BCUT2D eigenvalue weighted by Crippen LogP contribution is -2.58. The molecule has 0 saturated carbocycles. The molecule has 0 bridgehead atoms. The van der Waals surface area contributed by atoms with Gasteiger partial charge in [0.2, 0.25) is 5.91 Å². The molecule has 2 saturated heterocycles. The predicted molar refractivity (Wildman–Crippen MR) is 50.3 cm³/mol. The van der Waals surface area contributed by atoms with Gasteiger partial charge in [0.1, 0.15) is 0 Å². The van der Waals surface area contributed by atoms with Gasteiger partial charge in [-0.1, -0.05) is 0 Å². The molecule has 0 aromatic heterocycles. The van der Waals surface area contributed by atoms with Crippen LogP contribution in [0.2, 0.25) is 0 Å². The highest BCUT2D eigenvalue weighted by molar-refractivity contribution is 5.77. The Labute approximate surface area is 87.0 Å². The first kappa shape index (κ1) is 10.8. The van der Waals surface area contributed by atoms with E-state index >= 15 is 0 Å². The van der Waals surface area contributed by atoms with E-state index in [4.69, 9.17) is 0 Å². The number of nitrogens with zero attached hydrogens (tertiary/aromatic N) is 1. The highest BCUT2D eigenvalue weighted by Gasteiger charge is 2.37. The molecule has 2 fully saturated rings. The second kappa shape index (κ2) is 4.02. The molecule has 1 amide bonds. The topological polar surface area (TPSA) is 44.4 Å². The molecule has 0 aromatic carbocycles. The van der Waals surface area contributed by atoms with Gasteiger partial charge in [-0.25, -0.2) is 8.78 Å². The molecule has 4 nitrogen and oxygen atoms in total. The Morgan fingerprint density at radius 1 is 1.33 bits per heavy atom. The molecular formula is C9H15F2N3O. The summed E-state index contributed by atoms with van der Waals surface area (Å²) >= 11 is 0. The zero-order valence-electron chi connectivity index (χ0n) is 8.43. The molecule has 2 rings (SSSR count). The lowest BCUT2D eigenvalue weighted by Gasteiger charge is -2.39. The summed E-state index contributed by atoms with van der Waals surface area (Å²) in [5, 5.41) is 5.74. The third-order valence-corrected chi connectivity index (χ3v) is 2.97. The van der Waals surface area contributed by atoms with Crippen molar-refractivity contribution in [3.05, 3.63) is 0 Å². The first-order valence-electron chi connectivity index (χ1n) is 5.19. The van der Waals surface area contributed by atoms with Crippen molar-refractivity contribution < 1.29 is 13.6 Å². The van der Waals surface area contributed by atoms with E-state index in [-0.39, 0.29) is 24.9 Å². The third-order valence-electron chi connectivity index (χ3n) is 2.97. The fourth-order valence-corrected chi connectivity index (χ4v) is 2.01. The number of alkyl halides is 2. The van der Waals surface area contributed by atoms with E-state index in [1.807, 2.05) is 4.90 Å². The predicted octanol–water partition coefficient (Wildman–Crippen LogP) is 0.111. The molecule has 2 heterocycles. The van der Waals surface area contributed by atoms with Gasteiger partial charge in [0, 0.05) is 25.9 Å². The summed E-state index contributed by atoms with van der Waals surface area (Å²) < 4.78 is 25.8. The van der Waals surface area contributed by atoms with Gasteiger partial charge in [0.25, 0.3) is 5.92 Å². The van der Waals surface area contributed by atoms with Crippen LogP contribution in [0.15, 0.2) is 0 Å². The molecule has 2 N–H and O–H groups in total. The summed E-state index contributed by atoms with van der Waals surface area (Å²) in [5.41, 5.74) is 0. The summed E-state index contributed by atoms with van der Waals surface area (Å²) in [6, 6.07) is 0. The fourth-order valence-electron chi connectivity index (χ4n) is 2.01. The summed E-state index contributed by atoms with van der Waals surface area (Å²) in [6.45, 7) is 1.15. The Balaban J connectivity index is 1.87. The molecule has 0 radical (unpaired) electrons. The molecule has 0 spiro atoms. The standard InChI is InChI=1S/C9H15F2N3O/c10-9(11)1-3-14(4-2-9)7-5-8(15)13-6-12-7/h7,12H,1-6H2,(H,13,15). The molecule has 86 valence electrons. The average molecular weight is 219 g/mol. The van der Waals surface area contributed by atoms with Gasteiger partial charge in [-0.2, -0.15) is 0 Å². The lowest BCUT2D eigenvalue weighted by atomic mass is 10.1. The van der Waals surface area contributed by atoms with Crippen molar-refractivity contribution in [3.63, 3.8) is 0 Å². The van der Waals surface area contributed by atoms with Gasteiger partial charge in [-0.05, 0) is 0 Å². The van der Waals surface area contributed by atoms with Crippen molar-refractivity contribution in [2.24, 2.45) is 0 Å². The summed E-state index contributed by atoms with van der Waals surface area (Å²) in [4.78, 5) is 13.0. The van der Waals surface area contributed by atoms with Crippen molar-refractivity contribution in [2.45, 2.75) is 31.4 Å². The third kappa shape index (κ3) is 2.63. The molecule has 1 atom stereocenters. The van der Waals surface area contributed by atoms with E-state index in [2.05, 4.69) is 10.6 Å². The Morgan fingerprint density at radius 3 is 2.60 bits per heavy atom. The smallest absolute Gasteiger partial charge is 0.250 e. The van der Waals surface area contributed by atoms with E-state index in [0.717, 1.165) is 0 Å². The lowest BCUT2D eigenvalue weighted by molar-refractivity contribution is -0.126. The first-order valence-corrected chi connectivity index (χ1v) is 5.19. The Bertz CT molecular complexity index is 250. The summed E-state index contributed by atoms with van der Waals surface area (Å²) in [7, 11) is 0. The van der Waals surface area contributed by atoms with Crippen LogP contribution in [0, 0.1) is 0 Å². The molecule has 0 aromatic rings. The summed E-state index contributed by atoms with van der Waals surface area (Å²) in [6.07, 6.45) is 0.0698. The zero-order chi connectivity index (χ0) is 10.9. The number of likely N-dealkylation sites (tertiary alicyclic amines) is 1. The van der Waals surface area contributed by atoms with Crippen molar-refractivity contribution in [2.75, 3.05) is 19.8 Å². The fraction of sp³-hybridized carbons (Fsp3) is 0.889. The minimum atomic E-state index is -2.52. The number of carbonyl (C=O) groups excluding carboxylic acids is 1. The second-order valence-electron chi connectivity index (χ2n) is 4.09.